The second-order valence-corrected chi connectivity index (χ2v) is 19.6. The number of likely N-dealkylation sites (tertiary alicyclic amines) is 1. The Bertz CT molecular complexity index is 1730. The third kappa shape index (κ3) is 10.4. The lowest BCUT2D eigenvalue weighted by Crippen LogP contribution is -2.62. The van der Waals surface area contributed by atoms with Gasteiger partial charge in [0.15, 0.2) is 6.61 Å². The van der Waals surface area contributed by atoms with Crippen molar-refractivity contribution in [3.05, 3.63) is 65.2 Å². The number of para-hydroxylation sites is 1. The van der Waals surface area contributed by atoms with Crippen molar-refractivity contribution in [3.8, 4) is 5.75 Å². The molecule has 2 amide bonds. The second-order valence-electron chi connectivity index (χ2n) is 19.6. The number of nitrogens with zero attached hydrogens (tertiary/aromatic N) is 4. The minimum absolute atomic E-state index is 0.00814. The Morgan fingerprint density at radius 1 is 0.983 bits per heavy atom. The molecule has 8 rings (SSSR count). The number of benzene rings is 2. The van der Waals surface area contributed by atoms with E-state index in [-0.39, 0.29) is 37.1 Å². The molecule has 332 valence electrons. The van der Waals surface area contributed by atoms with Crippen LogP contribution in [0, 0.1) is 35.0 Å². The van der Waals surface area contributed by atoms with E-state index in [4.69, 9.17) is 14.3 Å². The Morgan fingerprint density at radius 2 is 1.72 bits per heavy atom. The van der Waals surface area contributed by atoms with Gasteiger partial charge in [-0.05, 0) is 98.4 Å². The number of rotatable bonds is 18. The number of morpholine rings is 1. The minimum Gasteiger partial charge on any atom is -0.483 e. The van der Waals surface area contributed by atoms with Crippen molar-refractivity contribution in [2.24, 2.45) is 35.0 Å². The van der Waals surface area contributed by atoms with E-state index in [2.05, 4.69) is 80.1 Å². The van der Waals surface area contributed by atoms with Crippen molar-refractivity contribution in [1.82, 2.24) is 25.1 Å². The molecule has 6 aliphatic rings. The average molecular weight is 832 g/mol. The maximum Gasteiger partial charge on any atom is 0.260 e. The smallest absolute Gasteiger partial charge is 0.260 e. The third-order valence-corrected chi connectivity index (χ3v) is 14.8. The standard InChI is InChI=1S/C48H73N5O7/c1-32(2)22-39(29-50-16-9-10-17-50)52(28-37-14-7-8-15-42(37)59-31-44(56)51-18-20-58-21-19-51)26-35-12-11-13-36(23-35)27-53-46(45(34(4)55)43(30-54)60-53)47(57)49-41-25-38-24-40(33(41)3)48(38,5)6/h7-8,11-15,23,32-34,38-41,43,45-46,54-55H,9-10,16-22,24-31H2,1-6H3,(H,49,57)/t33-,34+,38+,39+,40+,41+,43+,45-,46+/m1/s1. The molecule has 0 unspecified atom stereocenters. The van der Waals surface area contributed by atoms with Crippen LogP contribution in [0.4, 0.5) is 0 Å². The van der Waals surface area contributed by atoms with E-state index in [0.29, 0.717) is 75.0 Å². The van der Waals surface area contributed by atoms with Crippen LogP contribution >= 0.6 is 0 Å². The van der Waals surface area contributed by atoms with Crippen LogP contribution in [0.2, 0.25) is 0 Å². The van der Waals surface area contributed by atoms with Gasteiger partial charge in [0.1, 0.15) is 17.9 Å². The molecule has 3 N–H and O–H groups in total. The lowest BCUT2D eigenvalue weighted by molar-refractivity contribution is -0.183. The van der Waals surface area contributed by atoms with Crippen LogP contribution in [0.3, 0.4) is 0 Å². The molecule has 0 radical (unpaired) electrons. The lowest BCUT2D eigenvalue weighted by atomic mass is 9.45. The number of nitrogens with one attached hydrogen (secondary N) is 1. The lowest BCUT2D eigenvalue weighted by Gasteiger charge is -2.62. The third-order valence-electron chi connectivity index (χ3n) is 14.8. The van der Waals surface area contributed by atoms with Crippen molar-refractivity contribution in [1.29, 1.82) is 0 Å². The summed E-state index contributed by atoms with van der Waals surface area (Å²) in [5, 5.41) is 26.5. The van der Waals surface area contributed by atoms with Crippen molar-refractivity contribution < 1.29 is 34.1 Å². The van der Waals surface area contributed by atoms with Crippen LogP contribution in [0.15, 0.2) is 48.5 Å². The number of carbonyl (C=O) groups excluding carboxylic acids is 2. The number of aliphatic hydroxyl groups is 2. The van der Waals surface area contributed by atoms with Crippen LogP contribution in [0.1, 0.15) is 90.3 Å². The maximum atomic E-state index is 14.3. The van der Waals surface area contributed by atoms with Gasteiger partial charge >= 0.3 is 0 Å². The van der Waals surface area contributed by atoms with Crippen molar-refractivity contribution >= 4 is 11.8 Å². The summed E-state index contributed by atoms with van der Waals surface area (Å²) in [6.07, 6.45) is 4.14. The summed E-state index contributed by atoms with van der Waals surface area (Å²) in [6, 6.07) is 16.2. The fourth-order valence-electron chi connectivity index (χ4n) is 11.2. The average Bonchev–Trinajstić information content (AvgIpc) is 3.88. The summed E-state index contributed by atoms with van der Waals surface area (Å²) in [5.74, 6) is 2.03. The first-order chi connectivity index (χ1) is 28.8. The fraction of sp³-hybridized carbons (Fsp3) is 0.708. The van der Waals surface area contributed by atoms with Gasteiger partial charge in [-0.2, -0.15) is 5.06 Å². The van der Waals surface area contributed by atoms with Crippen LogP contribution < -0.4 is 10.1 Å². The highest BCUT2D eigenvalue weighted by Gasteiger charge is 2.57. The van der Waals surface area contributed by atoms with Crippen LogP contribution in [0.25, 0.3) is 0 Å². The van der Waals surface area contributed by atoms with Crippen LogP contribution in [-0.2, 0) is 38.8 Å². The van der Waals surface area contributed by atoms with E-state index in [1.54, 1.807) is 12.0 Å². The molecule has 9 atom stereocenters. The second kappa shape index (κ2) is 19.9. The summed E-state index contributed by atoms with van der Waals surface area (Å²) < 4.78 is 11.7. The number of hydroxylamine groups is 2. The molecule has 0 aromatic heterocycles. The molecular formula is C48H73N5O7. The summed E-state index contributed by atoms with van der Waals surface area (Å²) in [4.78, 5) is 40.7. The Hall–Kier alpha value is -3.10. The number of aliphatic hydroxyl groups excluding tert-OH is 2. The molecule has 2 bridgehead atoms. The Kier molecular flexibility index (Phi) is 14.9. The zero-order chi connectivity index (χ0) is 42.6. The van der Waals surface area contributed by atoms with Crippen LogP contribution in [0.5, 0.6) is 5.75 Å². The van der Waals surface area contributed by atoms with Crippen molar-refractivity contribution in [2.45, 2.75) is 124 Å². The largest absolute Gasteiger partial charge is 0.483 e. The minimum atomic E-state index is -0.850. The number of amides is 2. The Labute approximate surface area is 358 Å². The molecule has 0 spiro atoms. The van der Waals surface area contributed by atoms with Crippen molar-refractivity contribution in [3.63, 3.8) is 0 Å². The molecule has 3 aliphatic carbocycles. The van der Waals surface area contributed by atoms with Gasteiger partial charge in [0, 0.05) is 56.3 Å². The predicted octanol–water partition coefficient (Wildman–Crippen LogP) is 5.10. The number of ether oxygens (including phenoxy) is 2. The summed E-state index contributed by atoms with van der Waals surface area (Å²) >= 11 is 0. The highest BCUT2D eigenvalue weighted by atomic mass is 16.7. The Morgan fingerprint density at radius 3 is 2.40 bits per heavy atom. The highest BCUT2D eigenvalue weighted by molar-refractivity contribution is 5.83. The van der Waals surface area contributed by atoms with E-state index in [9.17, 15) is 19.8 Å². The van der Waals surface area contributed by atoms with Crippen molar-refractivity contribution in [2.75, 3.05) is 59.2 Å². The molecule has 12 nitrogen and oxygen atoms in total. The van der Waals surface area contributed by atoms with Gasteiger partial charge < -0.3 is 34.8 Å². The summed E-state index contributed by atoms with van der Waals surface area (Å²) in [5.41, 5.74) is 3.49. The highest BCUT2D eigenvalue weighted by Crippen LogP contribution is 2.61. The SMILES string of the molecule is CC(C)C[C@@H](CN1CCCC1)N(Cc1cccc(CN2O[C@@H](CO)[C@@H]([C@H](C)O)[C@H]2C(=O)N[C@H]2C[C@@H]3C[C@@H]([C@H]2C)C3(C)C)c1)Cc1ccccc1OCC(=O)N1CCOCC1. The maximum absolute atomic E-state index is 14.3. The topological polar surface area (TPSA) is 127 Å². The first kappa shape index (κ1) is 44.9. The van der Waals surface area contributed by atoms with Gasteiger partial charge in [-0.1, -0.05) is 77.1 Å². The zero-order valence-electron chi connectivity index (χ0n) is 37.1. The number of hydrogen-bond acceptors (Lipinski definition) is 10. The molecule has 3 aliphatic heterocycles. The van der Waals surface area contributed by atoms with E-state index in [1.807, 2.05) is 23.1 Å². The van der Waals surface area contributed by atoms with Gasteiger partial charge in [0.2, 0.25) is 5.91 Å². The number of carbonyl (C=O) groups is 2. The molecule has 3 saturated heterocycles. The van der Waals surface area contributed by atoms with Crippen LogP contribution in [-0.4, -0.2) is 131 Å². The fourth-order valence-corrected chi connectivity index (χ4v) is 11.2. The number of hydrogen-bond donors (Lipinski definition) is 3. The molecular weight excluding hydrogens is 759 g/mol. The number of fused-ring (bicyclic) bond motifs is 2. The quantitative estimate of drug-likeness (QED) is 0.187. The Balaban J connectivity index is 1.10. The van der Waals surface area contributed by atoms with E-state index >= 15 is 0 Å². The van der Waals surface area contributed by atoms with Gasteiger partial charge in [-0.3, -0.25) is 19.3 Å². The van der Waals surface area contributed by atoms with E-state index in [1.165, 1.54) is 19.3 Å². The van der Waals surface area contributed by atoms with Gasteiger partial charge in [0.25, 0.3) is 5.91 Å². The monoisotopic (exact) mass is 832 g/mol. The van der Waals surface area contributed by atoms with Gasteiger partial charge in [0.05, 0.1) is 32.5 Å². The summed E-state index contributed by atoms with van der Waals surface area (Å²) in [6.45, 7) is 20.2. The predicted molar refractivity (Wildman–Crippen MR) is 231 cm³/mol. The summed E-state index contributed by atoms with van der Waals surface area (Å²) in [7, 11) is 0. The van der Waals surface area contributed by atoms with E-state index < -0.39 is 24.2 Å². The zero-order valence-corrected chi connectivity index (χ0v) is 37.1. The van der Waals surface area contributed by atoms with Gasteiger partial charge in [-0.25, -0.2) is 0 Å². The molecule has 3 saturated carbocycles. The molecule has 2 aromatic rings. The molecule has 2 aromatic carbocycles. The molecule has 3 heterocycles. The molecule has 12 heteroatoms. The van der Waals surface area contributed by atoms with E-state index in [0.717, 1.165) is 54.9 Å². The molecule has 60 heavy (non-hydrogen) atoms. The van der Waals surface area contributed by atoms with Gasteiger partial charge in [-0.15, -0.1) is 0 Å². The first-order valence-corrected chi connectivity index (χ1v) is 23.0. The first-order valence-electron chi connectivity index (χ1n) is 23.0. The molecule has 6 fully saturated rings. The normalized spacial score (nSPS) is 29.1.